The van der Waals surface area contributed by atoms with Crippen LogP contribution in [-0.2, 0) is 4.74 Å². The molecule has 1 spiro atoms. The third-order valence-electron chi connectivity index (χ3n) is 3.68. The van der Waals surface area contributed by atoms with Crippen molar-refractivity contribution in [3.05, 3.63) is 29.8 Å². The SMILES string of the molecule is Cc1ccccc1N1C(N)=NCC12CCOC2. The van der Waals surface area contributed by atoms with Gasteiger partial charge in [0.2, 0.25) is 0 Å². The monoisotopic (exact) mass is 231 g/mol. The summed E-state index contributed by atoms with van der Waals surface area (Å²) >= 11 is 0. The van der Waals surface area contributed by atoms with Gasteiger partial charge in [-0.25, -0.2) is 0 Å². The maximum absolute atomic E-state index is 6.05. The number of nitrogens with zero attached hydrogens (tertiary/aromatic N) is 2. The van der Waals surface area contributed by atoms with Gasteiger partial charge in [0, 0.05) is 12.3 Å². The van der Waals surface area contributed by atoms with Crippen molar-refractivity contribution in [3.63, 3.8) is 0 Å². The van der Waals surface area contributed by atoms with Gasteiger partial charge in [-0.2, -0.15) is 0 Å². The summed E-state index contributed by atoms with van der Waals surface area (Å²) < 4.78 is 5.55. The van der Waals surface area contributed by atoms with Crippen molar-refractivity contribution in [1.29, 1.82) is 0 Å². The lowest BCUT2D eigenvalue weighted by molar-refractivity contribution is 0.181. The smallest absolute Gasteiger partial charge is 0.196 e. The van der Waals surface area contributed by atoms with Gasteiger partial charge in [-0.3, -0.25) is 4.99 Å². The van der Waals surface area contributed by atoms with Crippen LogP contribution in [0.1, 0.15) is 12.0 Å². The second kappa shape index (κ2) is 3.74. The topological polar surface area (TPSA) is 50.8 Å². The molecule has 0 aromatic heterocycles. The fourth-order valence-corrected chi connectivity index (χ4v) is 2.70. The van der Waals surface area contributed by atoms with E-state index in [4.69, 9.17) is 10.5 Å². The Morgan fingerprint density at radius 1 is 1.41 bits per heavy atom. The highest BCUT2D eigenvalue weighted by Crippen LogP contribution is 2.36. The van der Waals surface area contributed by atoms with Crippen molar-refractivity contribution in [2.45, 2.75) is 18.9 Å². The number of anilines is 1. The van der Waals surface area contributed by atoms with Gasteiger partial charge in [-0.1, -0.05) is 18.2 Å². The average Bonchev–Trinajstić information content (AvgIpc) is 2.90. The first-order chi connectivity index (χ1) is 8.23. The highest BCUT2D eigenvalue weighted by molar-refractivity contribution is 5.99. The second-order valence-electron chi connectivity index (χ2n) is 4.82. The van der Waals surface area contributed by atoms with Crippen molar-refractivity contribution in [1.82, 2.24) is 0 Å². The molecule has 0 radical (unpaired) electrons. The lowest BCUT2D eigenvalue weighted by atomic mass is 9.96. The zero-order valence-corrected chi connectivity index (χ0v) is 10.0. The number of hydrogen-bond acceptors (Lipinski definition) is 4. The lowest BCUT2D eigenvalue weighted by Crippen LogP contribution is -2.52. The van der Waals surface area contributed by atoms with Crippen LogP contribution in [0, 0.1) is 6.92 Å². The molecule has 0 amide bonds. The summed E-state index contributed by atoms with van der Waals surface area (Å²) in [7, 11) is 0. The zero-order valence-electron chi connectivity index (χ0n) is 10.0. The summed E-state index contributed by atoms with van der Waals surface area (Å²) in [6.07, 6.45) is 0.992. The Labute approximate surface area is 101 Å². The van der Waals surface area contributed by atoms with Crippen LogP contribution < -0.4 is 10.6 Å². The highest BCUT2D eigenvalue weighted by atomic mass is 16.5. The molecule has 2 aliphatic heterocycles. The van der Waals surface area contributed by atoms with Crippen LogP contribution in [0.25, 0.3) is 0 Å². The Morgan fingerprint density at radius 3 is 2.94 bits per heavy atom. The maximum atomic E-state index is 6.05. The van der Waals surface area contributed by atoms with Crippen LogP contribution in [0.5, 0.6) is 0 Å². The summed E-state index contributed by atoms with van der Waals surface area (Å²) in [5.41, 5.74) is 8.38. The van der Waals surface area contributed by atoms with Crippen molar-refractivity contribution >= 4 is 11.6 Å². The third kappa shape index (κ3) is 1.52. The number of hydrogen-bond donors (Lipinski definition) is 1. The van der Waals surface area contributed by atoms with Gasteiger partial charge < -0.3 is 15.4 Å². The van der Waals surface area contributed by atoms with E-state index in [1.807, 2.05) is 12.1 Å². The van der Waals surface area contributed by atoms with Crippen molar-refractivity contribution < 1.29 is 4.74 Å². The molecule has 0 aliphatic carbocycles. The van der Waals surface area contributed by atoms with Crippen LogP contribution in [0.3, 0.4) is 0 Å². The first-order valence-corrected chi connectivity index (χ1v) is 5.96. The van der Waals surface area contributed by atoms with E-state index >= 15 is 0 Å². The molecule has 17 heavy (non-hydrogen) atoms. The molecule has 2 aliphatic rings. The average molecular weight is 231 g/mol. The van der Waals surface area contributed by atoms with Gasteiger partial charge in [0.25, 0.3) is 0 Å². The summed E-state index contributed by atoms with van der Waals surface area (Å²) in [6.45, 7) is 4.36. The number of para-hydroxylation sites is 1. The summed E-state index contributed by atoms with van der Waals surface area (Å²) in [6, 6.07) is 8.28. The number of aliphatic imine (C=N–C) groups is 1. The van der Waals surface area contributed by atoms with Crippen LogP contribution in [0.4, 0.5) is 5.69 Å². The van der Waals surface area contributed by atoms with Gasteiger partial charge in [-0.05, 0) is 25.0 Å². The quantitative estimate of drug-likeness (QED) is 0.792. The summed E-state index contributed by atoms with van der Waals surface area (Å²) in [5.74, 6) is 0.616. The Bertz CT molecular complexity index is 463. The first kappa shape index (κ1) is 10.6. The predicted octanol–water partition coefficient (Wildman–Crippen LogP) is 1.29. The summed E-state index contributed by atoms with van der Waals surface area (Å²) in [4.78, 5) is 6.57. The fourth-order valence-electron chi connectivity index (χ4n) is 2.70. The van der Waals surface area contributed by atoms with Crippen molar-refractivity contribution in [3.8, 4) is 0 Å². The highest BCUT2D eigenvalue weighted by Gasteiger charge is 2.46. The number of ether oxygens (including phenoxy) is 1. The number of nitrogens with two attached hydrogens (primary N) is 1. The Morgan fingerprint density at radius 2 is 2.24 bits per heavy atom. The van der Waals surface area contributed by atoms with E-state index in [0.717, 1.165) is 25.3 Å². The van der Waals surface area contributed by atoms with Crippen LogP contribution in [0.2, 0.25) is 0 Å². The molecule has 1 atom stereocenters. The van der Waals surface area contributed by atoms with Crippen LogP contribution >= 0.6 is 0 Å². The third-order valence-corrected chi connectivity index (χ3v) is 3.68. The number of aryl methyl sites for hydroxylation is 1. The Kier molecular flexibility index (Phi) is 2.33. The molecule has 1 aromatic carbocycles. The molecule has 4 heteroatoms. The van der Waals surface area contributed by atoms with Gasteiger partial charge in [-0.15, -0.1) is 0 Å². The molecule has 1 unspecified atom stereocenters. The molecule has 0 saturated carbocycles. The number of rotatable bonds is 1. The largest absolute Gasteiger partial charge is 0.379 e. The molecule has 1 fully saturated rings. The van der Waals surface area contributed by atoms with E-state index in [1.165, 1.54) is 5.56 Å². The zero-order chi connectivity index (χ0) is 11.9. The van der Waals surface area contributed by atoms with E-state index < -0.39 is 0 Å². The van der Waals surface area contributed by atoms with Crippen LogP contribution in [-0.4, -0.2) is 31.3 Å². The fraction of sp³-hybridized carbons (Fsp3) is 0.462. The molecular weight excluding hydrogens is 214 g/mol. The van der Waals surface area contributed by atoms with Crippen molar-refractivity contribution in [2.75, 3.05) is 24.7 Å². The maximum Gasteiger partial charge on any atom is 0.196 e. The number of guanidine groups is 1. The normalized spacial score (nSPS) is 27.8. The van der Waals surface area contributed by atoms with Crippen molar-refractivity contribution in [2.24, 2.45) is 10.7 Å². The molecule has 3 rings (SSSR count). The molecule has 2 N–H and O–H groups in total. The predicted molar refractivity (Wildman–Crippen MR) is 68.3 cm³/mol. The van der Waals surface area contributed by atoms with E-state index in [0.29, 0.717) is 12.6 Å². The van der Waals surface area contributed by atoms with Gasteiger partial charge in [0.1, 0.15) is 0 Å². The van der Waals surface area contributed by atoms with Gasteiger partial charge >= 0.3 is 0 Å². The van der Waals surface area contributed by atoms with E-state index in [-0.39, 0.29) is 5.54 Å². The van der Waals surface area contributed by atoms with E-state index in [2.05, 4.69) is 28.9 Å². The molecule has 2 heterocycles. The Balaban J connectivity index is 2.05. The van der Waals surface area contributed by atoms with Gasteiger partial charge in [0.15, 0.2) is 5.96 Å². The molecule has 4 nitrogen and oxygen atoms in total. The minimum absolute atomic E-state index is 0.0454. The Hall–Kier alpha value is -1.55. The standard InChI is InChI=1S/C13H17N3O/c1-10-4-2-3-5-11(10)16-12(14)15-8-13(16)6-7-17-9-13/h2-5H,6-9H2,1H3,(H2,14,15). The molecule has 1 saturated heterocycles. The second-order valence-corrected chi connectivity index (χ2v) is 4.82. The molecule has 90 valence electrons. The molecule has 1 aromatic rings. The number of benzene rings is 1. The van der Waals surface area contributed by atoms with Gasteiger partial charge in [0.05, 0.1) is 18.7 Å². The molecule has 0 bridgehead atoms. The lowest BCUT2D eigenvalue weighted by Gasteiger charge is -2.35. The summed E-state index contributed by atoms with van der Waals surface area (Å²) in [5, 5.41) is 0. The molecular formula is C13H17N3O. The minimum atomic E-state index is -0.0454. The minimum Gasteiger partial charge on any atom is -0.379 e. The van der Waals surface area contributed by atoms with Crippen LogP contribution in [0.15, 0.2) is 29.3 Å². The van der Waals surface area contributed by atoms with E-state index in [9.17, 15) is 0 Å². The first-order valence-electron chi connectivity index (χ1n) is 5.96. The van der Waals surface area contributed by atoms with E-state index in [1.54, 1.807) is 0 Å².